The molecule has 0 aliphatic heterocycles. The van der Waals surface area contributed by atoms with Crippen LogP contribution in [-0.4, -0.2) is 53.9 Å². The quantitative estimate of drug-likeness (QED) is 0.229. The summed E-state index contributed by atoms with van der Waals surface area (Å²) in [5.74, 6) is 0.458. The van der Waals surface area contributed by atoms with Crippen molar-refractivity contribution in [1.82, 2.24) is 5.32 Å². The Balaban J connectivity index is 0.00000533. The normalized spacial score (nSPS) is 16.1. The molecule has 1 aliphatic rings. The molecule has 1 saturated carbocycles. The van der Waals surface area contributed by atoms with E-state index in [1.807, 2.05) is 49.6 Å². The number of carboxylic acids is 1. The third-order valence-corrected chi connectivity index (χ3v) is 8.76. The van der Waals surface area contributed by atoms with Gasteiger partial charge in [0.2, 0.25) is 0 Å². The topological polar surface area (TPSA) is 92.4 Å². The van der Waals surface area contributed by atoms with Gasteiger partial charge in [-0.15, -0.1) is 0 Å². The average molecular weight is 547 g/mol. The van der Waals surface area contributed by atoms with E-state index in [0.29, 0.717) is 23.7 Å². The van der Waals surface area contributed by atoms with E-state index in [0.717, 1.165) is 41.0 Å². The molecule has 1 amide bonds. The van der Waals surface area contributed by atoms with Crippen LogP contribution in [0.5, 0.6) is 0 Å². The first-order chi connectivity index (χ1) is 18.3. The first-order valence-electron chi connectivity index (χ1n) is 14.3. The van der Waals surface area contributed by atoms with Crippen molar-refractivity contribution in [3.63, 3.8) is 0 Å². The zero-order valence-corrected chi connectivity index (χ0v) is 24.2. The van der Waals surface area contributed by atoms with Crippen molar-refractivity contribution in [3.05, 3.63) is 59.2 Å². The molecule has 39 heavy (non-hydrogen) atoms. The van der Waals surface area contributed by atoms with Crippen molar-refractivity contribution >= 4 is 42.5 Å². The van der Waals surface area contributed by atoms with E-state index in [2.05, 4.69) is 18.3 Å². The third-order valence-electron chi connectivity index (χ3n) is 8.12. The second-order valence-corrected chi connectivity index (χ2v) is 11.9. The van der Waals surface area contributed by atoms with Gasteiger partial charge in [0.25, 0.3) is 5.91 Å². The van der Waals surface area contributed by atoms with Crippen LogP contribution in [0.25, 0.3) is 11.1 Å². The van der Waals surface area contributed by atoms with Crippen LogP contribution in [0.1, 0.15) is 98.7 Å². The van der Waals surface area contributed by atoms with Crippen LogP contribution < -0.4 is 11.1 Å². The van der Waals surface area contributed by atoms with Gasteiger partial charge < -0.3 is 16.2 Å². The van der Waals surface area contributed by atoms with Gasteiger partial charge in [-0.2, -0.15) is 11.8 Å². The number of hydrogen-bond donors (Lipinski definition) is 3. The number of thioether (sulfide) groups is 1. The second-order valence-electron chi connectivity index (χ2n) is 10.9. The van der Waals surface area contributed by atoms with E-state index in [4.69, 9.17) is 5.73 Å². The molecule has 0 bridgehead atoms. The molecule has 3 unspecified atom stereocenters. The molecule has 1 aliphatic carbocycles. The molecule has 5 nitrogen and oxygen atoms in total. The number of carbonyl (C=O) groups excluding carboxylic acids is 1. The molecule has 0 heterocycles. The first-order valence-corrected chi connectivity index (χ1v) is 15.7. The molecule has 0 spiro atoms. The van der Waals surface area contributed by atoms with Crippen molar-refractivity contribution in [2.45, 2.75) is 90.1 Å². The fraction of sp³-hybridized carbons (Fsp3) is 0.562. The maximum absolute atomic E-state index is 13.4. The second kappa shape index (κ2) is 17.2. The summed E-state index contributed by atoms with van der Waals surface area (Å²) in [7, 11) is 0. The molecule has 210 valence electrons. The number of rotatable bonds is 14. The molecule has 1 fully saturated rings. The van der Waals surface area contributed by atoms with E-state index >= 15 is 0 Å². The van der Waals surface area contributed by atoms with E-state index in [-0.39, 0.29) is 30.8 Å². The van der Waals surface area contributed by atoms with Crippen molar-refractivity contribution in [2.75, 3.05) is 12.0 Å². The van der Waals surface area contributed by atoms with Crippen LogP contribution in [-0.2, 0) is 4.79 Å². The van der Waals surface area contributed by atoms with Gasteiger partial charge in [-0.25, -0.2) is 4.79 Å². The standard InChI is InChI=1S/C32H46N2O3S.Li.H/c1-4-5-14-24(20-23-12-7-6-8-13-23)30(33)25-16-17-27(28(21-25)26-15-10-9-11-22(26)2)31(35)34-29(32(36)37)18-19-38-3;;/h9-11,15-17,21,23-24,29-30H,4-8,12-14,18-20,33H2,1-3H3,(H,34,35)(H,36,37);;. The van der Waals surface area contributed by atoms with Gasteiger partial charge in [0.15, 0.2) is 0 Å². The van der Waals surface area contributed by atoms with Crippen LogP contribution in [0.15, 0.2) is 42.5 Å². The summed E-state index contributed by atoms with van der Waals surface area (Å²) in [4.78, 5) is 25.2. The summed E-state index contributed by atoms with van der Waals surface area (Å²) in [6.45, 7) is 4.27. The van der Waals surface area contributed by atoms with Crippen molar-refractivity contribution in [2.24, 2.45) is 17.6 Å². The van der Waals surface area contributed by atoms with E-state index in [1.165, 1.54) is 44.9 Å². The van der Waals surface area contributed by atoms with Crippen LogP contribution in [0.3, 0.4) is 0 Å². The molecule has 2 aromatic rings. The Labute approximate surface area is 251 Å². The van der Waals surface area contributed by atoms with E-state index < -0.39 is 12.0 Å². The average Bonchev–Trinajstić information content (AvgIpc) is 2.93. The Morgan fingerprint density at radius 3 is 2.44 bits per heavy atom. The summed E-state index contributed by atoms with van der Waals surface area (Å²) < 4.78 is 0. The zero-order valence-electron chi connectivity index (χ0n) is 23.4. The fourth-order valence-corrected chi connectivity index (χ4v) is 6.30. The number of carboxylic acid groups (broad SMARTS) is 1. The molecule has 4 N–H and O–H groups in total. The Kier molecular flexibility index (Phi) is 14.8. The number of amides is 1. The predicted octanol–water partition coefficient (Wildman–Crippen LogP) is 6.73. The number of aliphatic carboxylic acids is 1. The predicted molar refractivity (Wildman–Crippen MR) is 167 cm³/mol. The molecular formula is C32H47LiN2O3S. The Morgan fingerprint density at radius 1 is 1.08 bits per heavy atom. The summed E-state index contributed by atoms with van der Waals surface area (Å²) in [5.41, 5.74) is 11.4. The number of unbranched alkanes of at least 4 members (excludes halogenated alkanes) is 1. The van der Waals surface area contributed by atoms with Crippen LogP contribution in [0.4, 0.5) is 0 Å². The third kappa shape index (κ3) is 9.71. The minimum atomic E-state index is -1.01. The maximum atomic E-state index is 13.4. The molecule has 0 saturated heterocycles. The Morgan fingerprint density at radius 2 is 1.79 bits per heavy atom. The van der Waals surface area contributed by atoms with Gasteiger partial charge in [-0.05, 0) is 84.4 Å². The van der Waals surface area contributed by atoms with Gasteiger partial charge in [-0.1, -0.05) is 82.2 Å². The fourth-order valence-electron chi connectivity index (χ4n) is 5.83. The number of benzene rings is 2. The Hall–Kier alpha value is -1.71. The summed E-state index contributed by atoms with van der Waals surface area (Å²) >= 11 is 1.57. The van der Waals surface area contributed by atoms with Crippen molar-refractivity contribution < 1.29 is 14.7 Å². The molecular weight excluding hydrogens is 499 g/mol. The van der Waals surface area contributed by atoms with E-state index in [9.17, 15) is 14.7 Å². The number of carbonyl (C=O) groups is 2. The Bertz CT molecular complexity index is 1060. The molecule has 7 heteroatoms. The SMILES string of the molecule is CCCCC(CC1CCCCC1)C(N)c1ccc(C(=O)NC(CCSC)C(=O)O)c(-c2ccccc2C)c1.[LiH]. The van der Waals surface area contributed by atoms with Gasteiger partial charge in [0.05, 0.1) is 0 Å². The monoisotopic (exact) mass is 546 g/mol. The summed E-state index contributed by atoms with van der Waals surface area (Å²) in [6, 6.07) is 12.9. The molecule has 3 atom stereocenters. The number of nitrogens with two attached hydrogens (primary N) is 1. The van der Waals surface area contributed by atoms with Crippen molar-refractivity contribution in [1.29, 1.82) is 0 Å². The molecule has 3 rings (SSSR count). The summed E-state index contributed by atoms with van der Waals surface area (Å²) in [6.07, 6.45) is 13.5. The summed E-state index contributed by atoms with van der Waals surface area (Å²) in [5, 5.41) is 12.4. The van der Waals surface area contributed by atoms with Crippen LogP contribution >= 0.6 is 11.8 Å². The zero-order chi connectivity index (χ0) is 27.5. The van der Waals surface area contributed by atoms with Gasteiger partial charge in [0.1, 0.15) is 6.04 Å². The molecule has 0 radical (unpaired) electrons. The number of nitrogens with one attached hydrogen (secondary N) is 1. The van der Waals surface area contributed by atoms with Gasteiger partial charge in [0, 0.05) is 11.6 Å². The van der Waals surface area contributed by atoms with E-state index in [1.54, 1.807) is 11.8 Å². The van der Waals surface area contributed by atoms with Crippen molar-refractivity contribution in [3.8, 4) is 11.1 Å². The van der Waals surface area contributed by atoms with Crippen LogP contribution in [0, 0.1) is 18.8 Å². The molecule has 0 aromatic heterocycles. The molecule has 2 aromatic carbocycles. The number of aryl methyl sites for hydroxylation is 1. The van der Waals surface area contributed by atoms with Gasteiger partial charge in [-0.3, -0.25) is 4.79 Å². The number of hydrogen-bond acceptors (Lipinski definition) is 4. The first kappa shape index (κ1) is 33.5. The minimum absolute atomic E-state index is 0. The van der Waals surface area contributed by atoms with Gasteiger partial charge >= 0.3 is 24.8 Å². The van der Waals surface area contributed by atoms with Crippen LogP contribution in [0.2, 0.25) is 0 Å².